The summed E-state index contributed by atoms with van der Waals surface area (Å²) in [5.74, 6) is 0.320. The van der Waals surface area contributed by atoms with E-state index in [1.54, 1.807) is 44.5 Å². The van der Waals surface area contributed by atoms with E-state index < -0.39 is 10.0 Å². The zero-order valence-electron chi connectivity index (χ0n) is 15.1. The second-order valence-corrected chi connectivity index (χ2v) is 8.52. The molecule has 6 nitrogen and oxygen atoms in total. The van der Waals surface area contributed by atoms with E-state index in [-0.39, 0.29) is 22.9 Å². The molecule has 0 atom stereocenters. The summed E-state index contributed by atoms with van der Waals surface area (Å²) in [6.07, 6.45) is 0. The molecule has 1 amide bonds. The van der Waals surface area contributed by atoms with Crippen LogP contribution in [-0.2, 0) is 16.6 Å². The first-order valence-corrected chi connectivity index (χ1v) is 9.59. The molecule has 140 valence electrons. The third-order valence-corrected chi connectivity index (χ3v) is 5.90. The second kappa shape index (κ2) is 8.07. The second-order valence-electron chi connectivity index (χ2n) is 5.93. The molecule has 2 aromatic carbocycles. The van der Waals surface area contributed by atoms with Crippen molar-refractivity contribution in [3.8, 4) is 5.75 Å². The lowest BCUT2D eigenvalue weighted by Crippen LogP contribution is -2.27. The summed E-state index contributed by atoms with van der Waals surface area (Å²) < 4.78 is 30.9. The zero-order chi connectivity index (χ0) is 19.5. The van der Waals surface area contributed by atoms with E-state index >= 15 is 0 Å². The van der Waals surface area contributed by atoms with Crippen LogP contribution in [0.15, 0.2) is 47.4 Å². The normalized spacial score (nSPS) is 11.5. The van der Waals surface area contributed by atoms with Crippen LogP contribution in [0.5, 0.6) is 5.75 Å². The van der Waals surface area contributed by atoms with Crippen LogP contribution in [0.4, 0.5) is 0 Å². The molecule has 0 bridgehead atoms. The number of hydrogen-bond acceptors (Lipinski definition) is 4. The average molecular weight is 397 g/mol. The van der Waals surface area contributed by atoms with Gasteiger partial charge in [-0.05, 0) is 36.4 Å². The van der Waals surface area contributed by atoms with E-state index in [0.717, 1.165) is 9.87 Å². The molecule has 26 heavy (non-hydrogen) atoms. The van der Waals surface area contributed by atoms with Crippen molar-refractivity contribution in [2.75, 3.05) is 28.3 Å². The zero-order valence-corrected chi connectivity index (χ0v) is 16.6. The number of sulfonamides is 1. The first-order chi connectivity index (χ1) is 12.2. The van der Waals surface area contributed by atoms with Gasteiger partial charge in [-0.3, -0.25) is 4.79 Å². The van der Waals surface area contributed by atoms with Crippen molar-refractivity contribution in [3.63, 3.8) is 0 Å². The molecule has 0 fully saturated rings. The summed E-state index contributed by atoms with van der Waals surface area (Å²) in [7, 11) is 2.46. The Balaban J connectivity index is 2.28. The molecule has 0 aliphatic heterocycles. The predicted octanol–water partition coefficient (Wildman–Crippen LogP) is 2.87. The molecule has 0 saturated heterocycles. The van der Waals surface area contributed by atoms with Crippen molar-refractivity contribution in [1.29, 1.82) is 0 Å². The van der Waals surface area contributed by atoms with Gasteiger partial charge in [-0.1, -0.05) is 17.7 Å². The summed E-state index contributed by atoms with van der Waals surface area (Å²) >= 11 is 6.02. The Kier molecular flexibility index (Phi) is 6.28. The molecule has 2 aromatic rings. The van der Waals surface area contributed by atoms with Crippen LogP contribution in [0.1, 0.15) is 15.9 Å². The molecule has 0 spiro atoms. The lowest BCUT2D eigenvalue weighted by Gasteiger charge is -2.20. The van der Waals surface area contributed by atoms with Gasteiger partial charge in [0, 0.05) is 43.8 Å². The van der Waals surface area contributed by atoms with E-state index in [2.05, 4.69) is 0 Å². The van der Waals surface area contributed by atoms with Crippen molar-refractivity contribution in [1.82, 2.24) is 9.21 Å². The minimum absolute atomic E-state index is 0.0714. The maximum absolute atomic E-state index is 12.7. The summed E-state index contributed by atoms with van der Waals surface area (Å²) in [5.41, 5.74) is 1.05. The molecule has 0 unspecified atom stereocenters. The number of ether oxygens (including phenoxy) is 1. The van der Waals surface area contributed by atoms with Crippen LogP contribution in [0.2, 0.25) is 5.02 Å². The fourth-order valence-electron chi connectivity index (χ4n) is 2.42. The van der Waals surface area contributed by atoms with Gasteiger partial charge < -0.3 is 9.64 Å². The maximum atomic E-state index is 12.7. The number of methoxy groups -OCH3 is 1. The first kappa shape index (κ1) is 20.2. The molecule has 0 radical (unpaired) electrons. The number of rotatable bonds is 6. The minimum Gasteiger partial charge on any atom is -0.496 e. The number of halogens is 1. The third kappa shape index (κ3) is 4.35. The van der Waals surface area contributed by atoms with Gasteiger partial charge in [-0.25, -0.2) is 12.7 Å². The molecule has 0 aromatic heterocycles. The number of benzene rings is 2. The number of carbonyl (C=O) groups excluding carboxylic acids is 1. The van der Waals surface area contributed by atoms with Gasteiger partial charge in [0.15, 0.2) is 0 Å². The van der Waals surface area contributed by atoms with Crippen molar-refractivity contribution < 1.29 is 17.9 Å². The Morgan fingerprint density at radius 3 is 2.42 bits per heavy atom. The number of hydrogen-bond donors (Lipinski definition) is 0. The van der Waals surface area contributed by atoms with E-state index in [1.165, 1.54) is 31.1 Å². The highest BCUT2D eigenvalue weighted by Crippen LogP contribution is 2.24. The van der Waals surface area contributed by atoms with Crippen LogP contribution >= 0.6 is 11.6 Å². The van der Waals surface area contributed by atoms with Gasteiger partial charge in [0.25, 0.3) is 5.91 Å². The lowest BCUT2D eigenvalue weighted by atomic mass is 10.1. The summed E-state index contributed by atoms with van der Waals surface area (Å²) in [6.45, 7) is 0.271. The standard InChI is InChI=1S/C18H21ClN2O4S/c1-20(2)26(23,24)16-7-5-6-13(11-16)18(22)21(3)12-14-10-15(19)8-9-17(14)25-4/h5-11H,12H2,1-4H3. The van der Waals surface area contributed by atoms with Gasteiger partial charge in [-0.2, -0.15) is 0 Å². The molecular weight excluding hydrogens is 376 g/mol. The van der Waals surface area contributed by atoms with Gasteiger partial charge >= 0.3 is 0 Å². The SMILES string of the molecule is COc1ccc(Cl)cc1CN(C)C(=O)c1cccc(S(=O)(=O)N(C)C)c1. The fraction of sp³-hybridized carbons (Fsp3) is 0.278. The number of nitrogens with zero attached hydrogens (tertiary/aromatic N) is 2. The van der Waals surface area contributed by atoms with Crippen LogP contribution in [0.3, 0.4) is 0 Å². The molecule has 0 N–H and O–H groups in total. The minimum atomic E-state index is -3.61. The highest BCUT2D eigenvalue weighted by molar-refractivity contribution is 7.89. The van der Waals surface area contributed by atoms with E-state index in [0.29, 0.717) is 10.8 Å². The van der Waals surface area contributed by atoms with Crippen molar-refractivity contribution >= 4 is 27.5 Å². The van der Waals surface area contributed by atoms with Crippen LogP contribution in [0, 0.1) is 0 Å². The quantitative estimate of drug-likeness (QED) is 0.753. The average Bonchev–Trinajstić information content (AvgIpc) is 2.61. The Bertz CT molecular complexity index is 913. The Morgan fingerprint density at radius 2 is 1.81 bits per heavy atom. The van der Waals surface area contributed by atoms with Gasteiger partial charge in [0.1, 0.15) is 5.75 Å². The third-order valence-electron chi connectivity index (χ3n) is 3.86. The molecule has 0 aliphatic rings. The van der Waals surface area contributed by atoms with E-state index in [1.807, 2.05) is 0 Å². The van der Waals surface area contributed by atoms with Gasteiger partial charge in [0.2, 0.25) is 10.0 Å². The van der Waals surface area contributed by atoms with Crippen LogP contribution in [0.25, 0.3) is 0 Å². The number of amides is 1. The highest BCUT2D eigenvalue weighted by Gasteiger charge is 2.20. The van der Waals surface area contributed by atoms with Crippen molar-refractivity contribution in [2.24, 2.45) is 0 Å². The van der Waals surface area contributed by atoms with Crippen LogP contribution < -0.4 is 4.74 Å². The van der Waals surface area contributed by atoms with Crippen molar-refractivity contribution in [2.45, 2.75) is 11.4 Å². The smallest absolute Gasteiger partial charge is 0.253 e. The molecule has 8 heteroatoms. The maximum Gasteiger partial charge on any atom is 0.253 e. The van der Waals surface area contributed by atoms with Gasteiger partial charge in [-0.15, -0.1) is 0 Å². The first-order valence-electron chi connectivity index (χ1n) is 7.77. The highest BCUT2D eigenvalue weighted by atomic mass is 35.5. The Labute approximate surface area is 159 Å². The molecule has 0 saturated carbocycles. The summed E-state index contributed by atoms with van der Waals surface area (Å²) in [6, 6.07) is 11.2. The van der Waals surface area contributed by atoms with Gasteiger partial charge in [0.05, 0.1) is 12.0 Å². The van der Waals surface area contributed by atoms with E-state index in [9.17, 15) is 13.2 Å². The Hall–Kier alpha value is -2.09. The molecular formula is C18H21ClN2O4S. The predicted molar refractivity (Wildman–Crippen MR) is 101 cm³/mol. The molecule has 0 heterocycles. The molecule has 0 aliphatic carbocycles. The fourth-order valence-corrected chi connectivity index (χ4v) is 3.56. The largest absolute Gasteiger partial charge is 0.496 e. The summed E-state index contributed by atoms with van der Waals surface area (Å²) in [4.78, 5) is 14.3. The lowest BCUT2D eigenvalue weighted by molar-refractivity contribution is 0.0784. The van der Waals surface area contributed by atoms with E-state index in [4.69, 9.17) is 16.3 Å². The number of carbonyl (C=O) groups is 1. The monoisotopic (exact) mass is 396 g/mol. The molecule has 2 rings (SSSR count). The van der Waals surface area contributed by atoms with Crippen molar-refractivity contribution in [3.05, 3.63) is 58.6 Å². The topological polar surface area (TPSA) is 66.9 Å². The summed E-state index contributed by atoms with van der Waals surface area (Å²) in [5, 5.41) is 0.542. The van der Waals surface area contributed by atoms with Crippen LogP contribution in [-0.4, -0.2) is 51.8 Å². The Morgan fingerprint density at radius 1 is 1.12 bits per heavy atom.